The van der Waals surface area contributed by atoms with Gasteiger partial charge in [0.2, 0.25) is 0 Å². The molecule has 1 atom stereocenters. The summed E-state index contributed by atoms with van der Waals surface area (Å²) in [5.74, 6) is 0.561. The second kappa shape index (κ2) is 13.3. The molecular weight excluding hydrogens is 456 g/mol. The van der Waals surface area contributed by atoms with Crippen molar-refractivity contribution in [3.63, 3.8) is 0 Å². The van der Waals surface area contributed by atoms with E-state index in [0.717, 1.165) is 16.7 Å². The van der Waals surface area contributed by atoms with Crippen LogP contribution in [-0.2, 0) is 33.5 Å². The largest absolute Gasteiger partial charge is 1.00 e. The van der Waals surface area contributed by atoms with Crippen molar-refractivity contribution in [1.82, 2.24) is 5.43 Å². The summed E-state index contributed by atoms with van der Waals surface area (Å²) in [5, 5.41) is 22.8. The van der Waals surface area contributed by atoms with Gasteiger partial charge in [0.25, 0.3) is 0 Å². The summed E-state index contributed by atoms with van der Waals surface area (Å²) in [6.45, 7) is 3.83. The van der Waals surface area contributed by atoms with E-state index in [1.54, 1.807) is 18.2 Å². The van der Waals surface area contributed by atoms with Crippen LogP contribution in [0, 0.1) is 6.54 Å². The fourth-order valence-electron chi connectivity index (χ4n) is 2.91. The van der Waals surface area contributed by atoms with E-state index in [9.17, 15) is 5.11 Å². The number of rotatable bonds is 9. The molecule has 3 aromatic carbocycles. The molecule has 7 nitrogen and oxygen atoms in total. The minimum absolute atomic E-state index is 0. The normalized spacial score (nSPS) is 12.2. The Morgan fingerprint density at radius 2 is 1.69 bits per heavy atom. The number of nitrogens with one attached hydrogen (secondary N) is 1. The quantitative estimate of drug-likeness (QED) is 0.0843. The molecule has 0 saturated heterocycles. The summed E-state index contributed by atoms with van der Waals surface area (Å²) in [4.78, 5) is 9.82. The predicted molar refractivity (Wildman–Crippen MR) is 119 cm³/mol. The molecule has 32 heavy (non-hydrogen) atoms. The maximum absolute atomic E-state index is 9.89. The smallest absolute Gasteiger partial charge is 0.565 e. The van der Waals surface area contributed by atoms with Crippen LogP contribution in [0.3, 0.4) is 0 Å². The number of hydrogen-bond acceptors (Lipinski definition) is 6. The van der Waals surface area contributed by atoms with Crippen molar-refractivity contribution in [3.05, 3.63) is 108 Å². The first kappa shape index (κ1) is 25.1. The number of phenolic OH excluding ortho intramolecular Hbond substituents is 1. The standard InChI is InChI=1S/C24H25N4O3.Cu/c1-18(22-14-8-6-13-21(22)17-31-30-2)26-28-24(19-10-4-3-5-11-19)27-25-16-20-12-7-9-15-23(20)29;/h3-16,18,26,29H,17H2,1-2H3;/q-1;+1/b27-25?,28-24-;. The van der Waals surface area contributed by atoms with Crippen molar-refractivity contribution < 1.29 is 32.0 Å². The van der Waals surface area contributed by atoms with Crippen LogP contribution in [0.25, 0.3) is 0 Å². The first-order valence-corrected chi connectivity index (χ1v) is 9.83. The van der Waals surface area contributed by atoms with Crippen molar-refractivity contribution in [2.45, 2.75) is 19.6 Å². The van der Waals surface area contributed by atoms with Crippen LogP contribution < -0.4 is 5.43 Å². The molecule has 170 valence electrons. The molecule has 0 radical (unpaired) electrons. The third-order valence-corrected chi connectivity index (χ3v) is 4.54. The molecule has 2 N–H and O–H groups in total. The van der Waals surface area contributed by atoms with Crippen LogP contribution in [0.1, 0.15) is 35.2 Å². The Hall–Kier alpha value is -3.16. The number of phenols is 1. The van der Waals surface area contributed by atoms with Gasteiger partial charge in [-0.2, -0.15) is 11.2 Å². The second-order valence-corrected chi connectivity index (χ2v) is 6.68. The second-order valence-electron chi connectivity index (χ2n) is 6.68. The molecule has 3 rings (SSSR count). The molecular formula is C24H25CuN4O3. The number of hydrazone groups is 1. The zero-order valence-corrected chi connectivity index (χ0v) is 18.7. The fourth-order valence-corrected chi connectivity index (χ4v) is 2.91. The van der Waals surface area contributed by atoms with E-state index < -0.39 is 0 Å². The van der Waals surface area contributed by atoms with Gasteiger partial charge in [-0.05, 0) is 24.6 Å². The van der Waals surface area contributed by atoms with E-state index in [4.69, 9.17) is 9.78 Å². The molecule has 0 heterocycles. The van der Waals surface area contributed by atoms with E-state index in [2.05, 4.69) is 20.8 Å². The van der Waals surface area contributed by atoms with E-state index in [-0.39, 0.29) is 28.9 Å². The van der Waals surface area contributed by atoms with Crippen molar-refractivity contribution in [1.29, 1.82) is 0 Å². The number of hydrogen-bond donors (Lipinski definition) is 2. The molecule has 0 bridgehead atoms. The molecule has 0 aliphatic rings. The Morgan fingerprint density at radius 1 is 1.00 bits per heavy atom. The maximum Gasteiger partial charge on any atom is 1.00 e. The van der Waals surface area contributed by atoms with E-state index >= 15 is 0 Å². The number of benzene rings is 3. The molecule has 0 aromatic heterocycles. The molecule has 8 heteroatoms. The third-order valence-electron chi connectivity index (χ3n) is 4.54. The zero-order chi connectivity index (χ0) is 21.9. The van der Waals surface area contributed by atoms with Gasteiger partial charge in [-0.15, -0.1) is 16.7 Å². The minimum atomic E-state index is -0.104. The van der Waals surface area contributed by atoms with Gasteiger partial charge >= 0.3 is 17.1 Å². The average molecular weight is 481 g/mol. The van der Waals surface area contributed by atoms with E-state index in [0.29, 0.717) is 18.0 Å². The van der Waals surface area contributed by atoms with Gasteiger partial charge in [-0.3, -0.25) is 0 Å². The fraction of sp³-hybridized carbons (Fsp3) is 0.167. The number of aromatic hydroxyl groups is 1. The summed E-state index contributed by atoms with van der Waals surface area (Å²) < 4.78 is 0. The summed E-state index contributed by atoms with van der Waals surface area (Å²) in [6, 6.07) is 24.3. The minimum Gasteiger partial charge on any atom is -0.565 e. The SMILES string of the molecule is COOCc1ccccc1C(C)N/N=C(\N=N[CH-]c1ccccc1O)c1ccccc1.[Cu+]. The van der Waals surface area contributed by atoms with Crippen LogP contribution in [0.15, 0.2) is 94.2 Å². The first-order valence-electron chi connectivity index (χ1n) is 9.83. The van der Waals surface area contributed by atoms with Crippen LogP contribution in [0.2, 0.25) is 0 Å². The van der Waals surface area contributed by atoms with Gasteiger partial charge in [0, 0.05) is 11.3 Å². The van der Waals surface area contributed by atoms with Crippen LogP contribution in [-0.4, -0.2) is 18.1 Å². The van der Waals surface area contributed by atoms with Gasteiger partial charge in [-0.25, -0.2) is 14.9 Å². The Bertz CT molecular complexity index is 1030. The molecule has 0 fully saturated rings. The number of amidine groups is 1. The van der Waals surface area contributed by atoms with Crippen molar-refractivity contribution >= 4 is 5.84 Å². The Balaban J connectivity index is 0.00000363. The molecule has 0 aliphatic heterocycles. The summed E-state index contributed by atoms with van der Waals surface area (Å²) >= 11 is 0. The zero-order valence-electron chi connectivity index (χ0n) is 17.8. The van der Waals surface area contributed by atoms with E-state index in [1.165, 1.54) is 13.7 Å². The predicted octanol–water partition coefficient (Wildman–Crippen LogP) is 5.14. The van der Waals surface area contributed by atoms with Crippen LogP contribution in [0.5, 0.6) is 5.75 Å². The topological polar surface area (TPSA) is 87.8 Å². The van der Waals surface area contributed by atoms with Gasteiger partial charge in [0.1, 0.15) is 6.61 Å². The van der Waals surface area contributed by atoms with Crippen molar-refractivity contribution in [3.8, 4) is 5.75 Å². The molecule has 0 saturated carbocycles. The Labute approximate surface area is 198 Å². The average Bonchev–Trinajstić information content (AvgIpc) is 2.81. The number of nitrogens with zero attached hydrogens (tertiary/aromatic N) is 3. The van der Waals surface area contributed by atoms with E-state index in [1.807, 2.05) is 67.6 Å². The molecule has 0 amide bonds. The third kappa shape index (κ3) is 7.21. The molecule has 0 aliphatic carbocycles. The summed E-state index contributed by atoms with van der Waals surface area (Å²) in [5.41, 5.74) is 6.57. The van der Waals surface area contributed by atoms with Crippen molar-refractivity contribution in [2.24, 2.45) is 15.3 Å². The first-order chi connectivity index (χ1) is 15.2. The summed E-state index contributed by atoms with van der Waals surface area (Å²) in [6.07, 6.45) is 0. The Morgan fingerprint density at radius 3 is 2.44 bits per heavy atom. The number of azo groups is 1. The molecule has 3 aromatic rings. The molecule has 1 unspecified atom stereocenters. The van der Waals surface area contributed by atoms with Gasteiger partial charge in [0.05, 0.1) is 13.2 Å². The number of para-hydroxylation sites is 1. The Kier molecular flexibility index (Phi) is 10.4. The van der Waals surface area contributed by atoms with Crippen LogP contribution >= 0.6 is 0 Å². The van der Waals surface area contributed by atoms with Gasteiger partial charge < -0.3 is 10.5 Å². The maximum atomic E-state index is 9.89. The van der Waals surface area contributed by atoms with Crippen LogP contribution in [0.4, 0.5) is 0 Å². The summed E-state index contributed by atoms with van der Waals surface area (Å²) in [7, 11) is 1.48. The monoisotopic (exact) mass is 480 g/mol. The van der Waals surface area contributed by atoms with Gasteiger partial charge in [-0.1, -0.05) is 66.7 Å². The van der Waals surface area contributed by atoms with Gasteiger partial charge in [0.15, 0.2) is 5.84 Å². The van der Waals surface area contributed by atoms with Crippen molar-refractivity contribution in [2.75, 3.05) is 7.11 Å². The molecule has 0 spiro atoms.